The highest BCUT2D eigenvalue weighted by Gasteiger charge is 2.07. The largest absolute Gasteiger partial charge is 0.396 e. The molecule has 0 aliphatic heterocycles. The van der Waals surface area contributed by atoms with E-state index in [-0.39, 0.29) is 6.61 Å². The van der Waals surface area contributed by atoms with Crippen molar-refractivity contribution in [2.24, 2.45) is 0 Å². The minimum atomic E-state index is 0.243. The Balaban J connectivity index is 2.69. The van der Waals surface area contributed by atoms with Crippen LogP contribution in [0.4, 0.5) is 0 Å². The van der Waals surface area contributed by atoms with Crippen LogP contribution in [0.1, 0.15) is 24.3 Å². The van der Waals surface area contributed by atoms with Crippen LogP contribution in [0.15, 0.2) is 43.0 Å². The summed E-state index contributed by atoms with van der Waals surface area (Å²) in [7, 11) is 0. The van der Waals surface area contributed by atoms with Gasteiger partial charge in [-0.25, -0.2) is 0 Å². The molecule has 0 aromatic heterocycles. The number of aliphatic hydroxyl groups excluding tert-OH is 1. The van der Waals surface area contributed by atoms with E-state index in [0.29, 0.717) is 5.92 Å². The van der Waals surface area contributed by atoms with Gasteiger partial charge in [-0.15, -0.1) is 6.58 Å². The van der Waals surface area contributed by atoms with Crippen LogP contribution in [0.25, 0.3) is 0 Å². The lowest BCUT2D eigenvalue weighted by atomic mass is 9.93. The van der Waals surface area contributed by atoms with Crippen molar-refractivity contribution in [1.29, 1.82) is 0 Å². The Labute approximate surface area is 79.7 Å². The van der Waals surface area contributed by atoms with Gasteiger partial charge >= 0.3 is 0 Å². The lowest BCUT2D eigenvalue weighted by Gasteiger charge is -2.13. The van der Waals surface area contributed by atoms with Crippen molar-refractivity contribution < 1.29 is 5.11 Å². The highest BCUT2D eigenvalue weighted by Crippen LogP contribution is 2.22. The summed E-state index contributed by atoms with van der Waals surface area (Å²) in [5.41, 5.74) is 1.29. The highest BCUT2D eigenvalue weighted by atomic mass is 16.3. The summed E-state index contributed by atoms with van der Waals surface area (Å²) >= 11 is 0. The van der Waals surface area contributed by atoms with Crippen LogP contribution in [-0.2, 0) is 0 Å². The van der Waals surface area contributed by atoms with E-state index in [0.717, 1.165) is 12.8 Å². The zero-order chi connectivity index (χ0) is 9.52. The molecule has 0 aliphatic carbocycles. The number of rotatable bonds is 5. The Morgan fingerprint density at radius 1 is 1.31 bits per heavy atom. The van der Waals surface area contributed by atoms with E-state index in [2.05, 4.69) is 18.7 Å². The number of hydrogen-bond donors (Lipinski definition) is 1. The molecule has 0 heterocycles. The van der Waals surface area contributed by atoms with Gasteiger partial charge in [0.05, 0.1) is 0 Å². The normalized spacial score (nSPS) is 12.4. The van der Waals surface area contributed by atoms with Gasteiger partial charge in [0.1, 0.15) is 0 Å². The van der Waals surface area contributed by atoms with Gasteiger partial charge in [-0.3, -0.25) is 0 Å². The van der Waals surface area contributed by atoms with Crippen LogP contribution in [0.5, 0.6) is 0 Å². The Hall–Kier alpha value is -1.08. The maximum atomic E-state index is 8.89. The molecule has 1 aromatic rings. The molecule has 0 unspecified atom stereocenters. The minimum Gasteiger partial charge on any atom is -0.396 e. The molecule has 0 bridgehead atoms. The monoisotopic (exact) mass is 176 g/mol. The third-order valence-electron chi connectivity index (χ3n) is 2.20. The van der Waals surface area contributed by atoms with E-state index >= 15 is 0 Å². The molecule has 0 aliphatic rings. The second kappa shape index (κ2) is 5.55. The van der Waals surface area contributed by atoms with Gasteiger partial charge in [0, 0.05) is 6.61 Å². The molecule has 1 rings (SSSR count). The van der Waals surface area contributed by atoms with Crippen molar-refractivity contribution in [2.45, 2.75) is 18.8 Å². The molecule has 1 aromatic carbocycles. The second-order valence-corrected chi connectivity index (χ2v) is 3.14. The number of benzene rings is 1. The smallest absolute Gasteiger partial charge is 0.0436 e. The van der Waals surface area contributed by atoms with Crippen LogP contribution in [-0.4, -0.2) is 11.7 Å². The third kappa shape index (κ3) is 3.03. The van der Waals surface area contributed by atoms with Gasteiger partial charge in [-0.1, -0.05) is 36.4 Å². The lowest BCUT2D eigenvalue weighted by molar-refractivity contribution is 0.275. The molecule has 1 heteroatoms. The van der Waals surface area contributed by atoms with Crippen molar-refractivity contribution in [3.8, 4) is 0 Å². The van der Waals surface area contributed by atoms with Gasteiger partial charge in [0.2, 0.25) is 0 Å². The fourth-order valence-corrected chi connectivity index (χ4v) is 1.50. The predicted octanol–water partition coefficient (Wildman–Crippen LogP) is 2.73. The molecule has 70 valence electrons. The zero-order valence-electron chi connectivity index (χ0n) is 7.82. The molecule has 0 radical (unpaired) electrons. The SMILES string of the molecule is C=CC[C@H](CCO)c1ccccc1. The molecule has 0 saturated carbocycles. The van der Waals surface area contributed by atoms with Crippen LogP contribution >= 0.6 is 0 Å². The summed E-state index contributed by atoms with van der Waals surface area (Å²) in [5.74, 6) is 0.420. The van der Waals surface area contributed by atoms with Crippen LogP contribution in [0.3, 0.4) is 0 Å². The van der Waals surface area contributed by atoms with Crippen molar-refractivity contribution in [3.63, 3.8) is 0 Å². The summed E-state index contributed by atoms with van der Waals surface area (Å²) in [6.45, 7) is 3.97. The Kier molecular flexibility index (Phi) is 4.27. The molecule has 1 nitrogen and oxygen atoms in total. The van der Waals surface area contributed by atoms with Gasteiger partial charge in [-0.05, 0) is 24.3 Å². The Bertz CT molecular complexity index is 241. The molecule has 0 fully saturated rings. The number of hydrogen-bond acceptors (Lipinski definition) is 1. The van der Waals surface area contributed by atoms with Crippen molar-refractivity contribution >= 4 is 0 Å². The summed E-state index contributed by atoms with van der Waals surface area (Å²) in [4.78, 5) is 0. The average molecular weight is 176 g/mol. The first-order valence-corrected chi connectivity index (χ1v) is 4.65. The van der Waals surface area contributed by atoms with Crippen molar-refractivity contribution in [2.75, 3.05) is 6.61 Å². The van der Waals surface area contributed by atoms with Crippen LogP contribution < -0.4 is 0 Å². The van der Waals surface area contributed by atoms with E-state index in [1.807, 2.05) is 24.3 Å². The first-order valence-electron chi connectivity index (χ1n) is 4.65. The van der Waals surface area contributed by atoms with Crippen molar-refractivity contribution in [3.05, 3.63) is 48.6 Å². The van der Waals surface area contributed by atoms with E-state index in [1.165, 1.54) is 5.56 Å². The summed E-state index contributed by atoms with van der Waals surface area (Å²) in [5, 5.41) is 8.89. The predicted molar refractivity (Wildman–Crippen MR) is 55.7 cm³/mol. The minimum absolute atomic E-state index is 0.243. The first kappa shape index (κ1) is 10.0. The van der Waals surface area contributed by atoms with Gasteiger partial charge in [0.15, 0.2) is 0 Å². The Morgan fingerprint density at radius 2 is 2.00 bits per heavy atom. The molecule has 0 spiro atoms. The maximum Gasteiger partial charge on any atom is 0.0436 e. The van der Waals surface area contributed by atoms with Gasteiger partial charge < -0.3 is 5.11 Å². The molecule has 1 N–H and O–H groups in total. The van der Waals surface area contributed by atoms with Crippen LogP contribution in [0, 0.1) is 0 Å². The van der Waals surface area contributed by atoms with E-state index in [9.17, 15) is 0 Å². The summed E-state index contributed by atoms with van der Waals surface area (Å²) < 4.78 is 0. The quantitative estimate of drug-likeness (QED) is 0.684. The van der Waals surface area contributed by atoms with Gasteiger partial charge in [0.25, 0.3) is 0 Å². The van der Waals surface area contributed by atoms with Gasteiger partial charge in [-0.2, -0.15) is 0 Å². The summed E-state index contributed by atoms with van der Waals surface area (Å²) in [6, 6.07) is 10.3. The molecule has 0 amide bonds. The molecule has 1 atom stereocenters. The second-order valence-electron chi connectivity index (χ2n) is 3.14. The van der Waals surface area contributed by atoms with E-state index in [4.69, 9.17) is 5.11 Å². The first-order chi connectivity index (χ1) is 6.38. The van der Waals surface area contributed by atoms with Crippen LogP contribution in [0.2, 0.25) is 0 Å². The standard InChI is InChI=1S/C12H16O/c1-2-6-11(9-10-13)12-7-4-3-5-8-12/h2-5,7-8,11,13H,1,6,9-10H2/t11-/m1/s1. The fourth-order valence-electron chi connectivity index (χ4n) is 1.50. The average Bonchev–Trinajstić information content (AvgIpc) is 2.19. The molecular formula is C12H16O. The van der Waals surface area contributed by atoms with Crippen molar-refractivity contribution in [1.82, 2.24) is 0 Å². The van der Waals surface area contributed by atoms with E-state index in [1.54, 1.807) is 0 Å². The summed E-state index contributed by atoms with van der Waals surface area (Å²) in [6.07, 6.45) is 3.66. The number of aliphatic hydroxyl groups is 1. The third-order valence-corrected chi connectivity index (χ3v) is 2.20. The molecule has 0 saturated heterocycles. The molecular weight excluding hydrogens is 160 g/mol. The fraction of sp³-hybridized carbons (Fsp3) is 0.333. The van der Waals surface area contributed by atoms with E-state index < -0.39 is 0 Å². The maximum absolute atomic E-state index is 8.89. The highest BCUT2D eigenvalue weighted by molar-refractivity contribution is 5.20. The lowest BCUT2D eigenvalue weighted by Crippen LogP contribution is -2.00. The molecule has 13 heavy (non-hydrogen) atoms. The Morgan fingerprint density at radius 3 is 2.54 bits per heavy atom. The zero-order valence-corrected chi connectivity index (χ0v) is 7.82. The topological polar surface area (TPSA) is 20.2 Å². The number of allylic oxidation sites excluding steroid dienone is 1.